The highest BCUT2D eigenvalue weighted by atomic mass is 32.1. The topological polar surface area (TPSA) is 126 Å². The molecule has 140 valence electrons. The number of thiazole rings is 1. The van der Waals surface area contributed by atoms with Gasteiger partial charge in [-0.25, -0.2) is 4.98 Å². The van der Waals surface area contributed by atoms with Gasteiger partial charge in [0.15, 0.2) is 5.13 Å². The maximum Gasteiger partial charge on any atom is 0.282 e. The Balaban J connectivity index is 1.73. The van der Waals surface area contributed by atoms with E-state index in [1.807, 2.05) is 19.0 Å². The molecule has 0 atom stereocenters. The van der Waals surface area contributed by atoms with E-state index in [0.29, 0.717) is 16.6 Å². The summed E-state index contributed by atoms with van der Waals surface area (Å²) in [6.07, 6.45) is 0. The number of nitro benzene ring substituents is 1. The first-order valence-corrected chi connectivity index (χ1v) is 8.68. The molecule has 27 heavy (non-hydrogen) atoms. The van der Waals surface area contributed by atoms with Crippen molar-refractivity contribution in [3.8, 4) is 0 Å². The van der Waals surface area contributed by atoms with Crippen LogP contribution in [0.25, 0.3) is 0 Å². The number of carbonyl (C=O) groups excluding carboxylic acids is 3. The normalized spacial score (nSPS) is 13.2. The van der Waals surface area contributed by atoms with Crippen molar-refractivity contribution >= 4 is 39.9 Å². The number of nitrogens with zero attached hydrogens (tertiary/aromatic N) is 4. The van der Waals surface area contributed by atoms with Crippen LogP contribution in [-0.2, 0) is 11.3 Å². The number of anilines is 1. The fourth-order valence-corrected chi connectivity index (χ4v) is 3.39. The third-order valence-corrected chi connectivity index (χ3v) is 4.56. The second-order valence-electron chi connectivity index (χ2n) is 6.08. The monoisotopic (exact) mass is 389 g/mol. The minimum absolute atomic E-state index is 0.0792. The Morgan fingerprint density at radius 3 is 2.74 bits per heavy atom. The molecule has 3 amide bonds. The van der Waals surface area contributed by atoms with Gasteiger partial charge in [-0.1, -0.05) is 6.07 Å². The molecule has 1 N–H and O–H groups in total. The molecule has 0 saturated carbocycles. The van der Waals surface area contributed by atoms with Gasteiger partial charge < -0.3 is 10.2 Å². The second-order valence-corrected chi connectivity index (χ2v) is 6.94. The lowest BCUT2D eigenvalue weighted by Crippen LogP contribution is -2.37. The van der Waals surface area contributed by atoms with E-state index < -0.39 is 34.9 Å². The Bertz CT molecular complexity index is 954. The molecule has 11 heteroatoms. The summed E-state index contributed by atoms with van der Waals surface area (Å²) in [6, 6.07) is 3.80. The first kappa shape index (κ1) is 18.6. The van der Waals surface area contributed by atoms with Crippen LogP contribution in [0.4, 0.5) is 10.8 Å². The van der Waals surface area contributed by atoms with Crippen molar-refractivity contribution < 1.29 is 19.3 Å². The summed E-state index contributed by atoms with van der Waals surface area (Å²) in [6.45, 7) is 0.0561. The molecule has 0 unspecified atom stereocenters. The lowest BCUT2D eigenvalue weighted by molar-refractivity contribution is -0.385. The van der Waals surface area contributed by atoms with Gasteiger partial charge in [0.1, 0.15) is 12.1 Å². The van der Waals surface area contributed by atoms with Crippen LogP contribution in [0.2, 0.25) is 0 Å². The van der Waals surface area contributed by atoms with Crippen molar-refractivity contribution in [1.82, 2.24) is 14.8 Å². The van der Waals surface area contributed by atoms with Gasteiger partial charge in [0.05, 0.1) is 16.2 Å². The van der Waals surface area contributed by atoms with E-state index in [1.165, 1.54) is 23.5 Å². The maximum atomic E-state index is 12.4. The van der Waals surface area contributed by atoms with E-state index in [4.69, 9.17) is 0 Å². The van der Waals surface area contributed by atoms with Crippen LogP contribution in [0.3, 0.4) is 0 Å². The Morgan fingerprint density at radius 2 is 2.07 bits per heavy atom. The van der Waals surface area contributed by atoms with Crippen LogP contribution < -0.4 is 5.32 Å². The average molecular weight is 389 g/mol. The number of fused-ring (bicyclic) bond motifs is 1. The molecule has 0 spiro atoms. The van der Waals surface area contributed by atoms with E-state index in [2.05, 4.69) is 10.3 Å². The van der Waals surface area contributed by atoms with Crippen molar-refractivity contribution in [2.45, 2.75) is 6.54 Å². The Labute approximate surface area is 157 Å². The summed E-state index contributed by atoms with van der Waals surface area (Å²) in [7, 11) is 3.78. The molecule has 2 heterocycles. The summed E-state index contributed by atoms with van der Waals surface area (Å²) in [4.78, 5) is 54.3. The molecule has 0 radical (unpaired) electrons. The SMILES string of the molecule is CN(C)Cc1csc(NC(=O)CN2C(=O)c3cccc([N+](=O)[O-])c3C2=O)n1. The lowest BCUT2D eigenvalue weighted by atomic mass is 10.1. The number of rotatable bonds is 6. The summed E-state index contributed by atoms with van der Waals surface area (Å²) in [5.41, 5.74) is -0.0500. The largest absolute Gasteiger partial charge is 0.304 e. The summed E-state index contributed by atoms with van der Waals surface area (Å²) < 4.78 is 0. The number of hydrogen-bond acceptors (Lipinski definition) is 8. The Kier molecular flexibility index (Phi) is 4.97. The smallest absolute Gasteiger partial charge is 0.282 e. The number of aromatic nitrogens is 1. The third-order valence-electron chi connectivity index (χ3n) is 3.75. The minimum Gasteiger partial charge on any atom is -0.304 e. The molecule has 1 aromatic carbocycles. The van der Waals surface area contributed by atoms with Gasteiger partial charge in [-0.2, -0.15) is 0 Å². The highest BCUT2D eigenvalue weighted by molar-refractivity contribution is 7.13. The van der Waals surface area contributed by atoms with Gasteiger partial charge in [0, 0.05) is 18.0 Å². The van der Waals surface area contributed by atoms with E-state index in [-0.39, 0.29) is 11.1 Å². The molecule has 1 aliphatic rings. The van der Waals surface area contributed by atoms with Gasteiger partial charge in [0.25, 0.3) is 17.5 Å². The van der Waals surface area contributed by atoms with Crippen LogP contribution in [-0.4, -0.2) is 58.1 Å². The molecular weight excluding hydrogens is 374 g/mol. The lowest BCUT2D eigenvalue weighted by Gasteiger charge is -2.12. The van der Waals surface area contributed by atoms with Crippen molar-refractivity contribution in [2.24, 2.45) is 0 Å². The molecule has 0 aliphatic carbocycles. The maximum absolute atomic E-state index is 12.4. The first-order valence-electron chi connectivity index (χ1n) is 7.80. The van der Waals surface area contributed by atoms with Crippen molar-refractivity contribution in [2.75, 3.05) is 26.0 Å². The molecule has 10 nitrogen and oxygen atoms in total. The Hall–Kier alpha value is -3.18. The standard InChI is InChI=1S/C16H15N5O5S/c1-19(2)6-9-8-27-16(17-9)18-12(22)7-20-14(23)10-4-3-5-11(21(25)26)13(10)15(20)24/h3-5,8H,6-7H2,1-2H3,(H,17,18,22). The molecule has 0 bridgehead atoms. The number of carbonyl (C=O) groups is 3. The predicted molar refractivity (Wildman–Crippen MR) is 96.6 cm³/mol. The molecule has 3 rings (SSSR count). The zero-order valence-electron chi connectivity index (χ0n) is 14.5. The highest BCUT2D eigenvalue weighted by Crippen LogP contribution is 2.30. The van der Waals surface area contributed by atoms with E-state index in [0.717, 1.165) is 11.8 Å². The fraction of sp³-hybridized carbons (Fsp3) is 0.250. The highest BCUT2D eigenvalue weighted by Gasteiger charge is 2.41. The Morgan fingerprint density at radius 1 is 1.33 bits per heavy atom. The van der Waals surface area contributed by atoms with Gasteiger partial charge in [-0.15, -0.1) is 11.3 Å². The van der Waals surface area contributed by atoms with Gasteiger partial charge in [-0.05, 0) is 20.2 Å². The first-order chi connectivity index (χ1) is 12.8. The van der Waals surface area contributed by atoms with Crippen LogP contribution >= 0.6 is 11.3 Å². The number of benzene rings is 1. The van der Waals surface area contributed by atoms with Crippen LogP contribution in [0.5, 0.6) is 0 Å². The fourth-order valence-electron chi connectivity index (χ4n) is 2.67. The van der Waals surface area contributed by atoms with Gasteiger partial charge in [-0.3, -0.25) is 29.4 Å². The number of amides is 3. The molecule has 0 saturated heterocycles. The summed E-state index contributed by atoms with van der Waals surface area (Å²) in [5.74, 6) is -2.20. The number of nitro groups is 1. The van der Waals surface area contributed by atoms with Crippen molar-refractivity contribution in [3.63, 3.8) is 0 Å². The van der Waals surface area contributed by atoms with E-state index in [1.54, 1.807) is 5.38 Å². The van der Waals surface area contributed by atoms with Crippen LogP contribution in [0, 0.1) is 10.1 Å². The van der Waals surface area contributed by atoms with Crippen molar-refractivity contribution in [1.29, 1.82) is 0 Å². The van der Waals surface area contributed by atoms with Gasteiger partial charge >= 0.3 is 0 Å². The summed E-state index contributed by atoms with van der Waals surface area (Å²) >= 11 is 1.23. The van der Waals surface area contributed by atoms with Gasteiger partial charge in [0.2, 0.25) is 5.91 Å². The predicted octanol–water partition coefficient (Wildman–Crippen LogP) is 1.35. The minimum atomic E-state index is -0.857. The molecule has 1 aromatic heterocycles. The van der Waals surface area contributed by atoms with Crippen LogP contribution in [0.1, 0.15) is 26.4 Å². The zero-order chi connectivity index (χ0) is 19.7. The number of imide groups is 1. The zero-order valence-corrected chi connectivity index (χ0v) is 15.3. The second kappa shape index (κ2) is 7.21. The van der Waals surface area contributed by atoms with Crippen LogP contribution in [0.15, 0.2) is 23.6 Å². The van der Waals surface area contributed by atoms with Crippen molar-refractivity contribution in [3.05, 3.63) is 50.5 Å². The molecule has 1 aliphatic heterocycles. The van der Waals surface area contributed by atoms with E-state index in [9.17, 15) is 24.5 Å². The quantitative estimate of drug-likeness (QED) is 0.449. The molecule has 0 fully saturated rings. The molecule has 2 aromatic rings. The van der Waals surface area contributed by atoms with E-state index >= 15 is 0 Å². The number of hydrogen-bond donors (Lipinski definition) is 1. The third kappa shape index (κ3) is 3.68. The average Bonchev–Trinajstić information content (AvgIpc) is 3.12. The summed E-state index contributed by atoms with van der Waals surface area (Å²) in [5, 5.41) is 15.8. The molecular formula is C16H15N5O5S. The number of nitrogens with one attached hydrogen (secondary N) is 1.